The van der Waals surface area contributed by atoms with Gasteiger partial charge in [-0.2, -0.15) is 0 Å². The minimum atomic E-state index is -0.477. The molecule has 1 saturated heterocycles. The molecule has 1 fully saturated rings. The van der Waals surface area contributed by atoms with E-state index in [4.69, 9.17) is 11.6 Å². The van der Waals surface area contributed by atoms with Crippen molar-refractivity contribution >= 4 is 40.5 Å². The summed E-state index contributed by atoms with van der Waals surface area (Å²) in [5.41, 5.74) is 2.07. The van der Waals surface area contributed by atoms with Crippen LogP contribution in [0.3, 0.4) is 0 Å². The number of piperazine rings is 1. The van der Waals surface area contributed by atoms with Crippen molar-refractivity contribution in [1.29, 1.82) is 0 Å². The molecule has 0 aromatic heterocycles. The second-order valence-corrected chi connectivity index (χ2v) is 7.53. The van der Waals surface area contributed by atoms with E-state index in [1.807, 2.05) is 17.9 Å². The van der Waals surface area contributed by atoms with Gasteiger partial charge in [-0.05, 0) is 37.3 Å². The normalized spacial score (nSPS) is 13.8. The molecular weight excluding hydrogens is 408 g/mol. The number of carbonyl (C=O) groups is 2. The fraction of sp³-hybridized carbons (Fsp3) is 0.333. The Labute approximate surface area is 179 Å². The van der Waals surface area contributed by atoms with Crippen LogP contribution in [0.25, 0.3) is 0 Å². The number of benzene rings is 2. The van der Waals surface area contributed by atoms with Crippen LogP contribution < -0.4 is 10.2 Å². The highest BCUT2D eigenvalue weighted by Crippen LogP contribution is 2.31. The summed E-state index contributed by atoms with van der Waals surface area (Å²) in [5.74, 6) is -0.246. The van der Waals surface area contributed by atoms with Gasteiger partial charge in [0.15, 0.2) is 0 Å². The standard InChI is InChI=1S/C21H23ClN4O4/c1-3-20(27)25-10-8-24(9-11-25)19-7-5-16(22)13-17(19)23-21(28)15-4-6-18(26(29)30)14(2)12-15/h4-7,12-13H,3,8-11H2,1-2H3,(H,23,28). The third kappa shape index (κ3) is 4.71. The Balaban J connectivity index is 1.79. The maximum atomic E-state index is 12.8. The summed E-state index contributed by atoms with van der Waals surface area (Å²) in [4.78, 5) is 39.1. The number of amides is 2. The number of aryl methyl sites for hydroxylation is 1. The summed E-state index contributed by atoms with van der Waals surface area (Å²) in [6.45, 7) is 5.96. The number of halogens is 1. The van der Waals surface area contributed by atoms with Gasteiger partial charge in [-0.3, -0.25) is 19.7 Å². The zero-order valence-corrected chi connectivity index (χ0v) is 17.6. The summed E-state index contributed by atoms with van der Waals surface area (Å²) in [6.07, 6.45) is 0.483. The number of nitro benzene ring substituents is 1. The quantitative estimate of drug-likeness (QED) is 0.573. The third-order valence-electron chi connectivity index (χ3n) is 5.14. The zero-order chi connectivity index (χ0) is 21.8. The molecule has 0 bridgehead atoms. The average Bonchev–Trinajstić information content (AvgIpc) is 2.73. The van der Waals surface area contributed by atoms with Gasteiger partial charge in [0.05, 0.1) is 16.3 Å². The van der Waals surface area contributed by atoms with Crippen molar-refractivity contribution in [2.24, 2.45) is 0 Å². The molecule has 0 aliphatic carbocycles. The predicted molar refractivity (Wildman–Crippen MR) is 116 cm³/mol. The molecule has 0 atom stereocenters. The van der Waals surface area contributed by atoms with Crippen LogP contribution in [0.1, 0.15) is 29.3 Å². The van der Waals surface area contributed by atoms with E-state index in [-0.39, 0.29) is 17.5 Å². The summed E-state index contributed by atoms with van der Waals surface area (Å²) in [7, 11) is 0. The first-order valence-electron chi connectivity index (χ1n) is 9.68. The van der Waals surface area contributed by atoms with E-state index in [9.17, 15) is 19.7 Å². The molecule has 0 unspecified atom stereocenters. The Morgan fingerprint density at radius 2 is 1.83 bits per heavy atom. The van der Waals surface area contributed by atoms with Gasteiger partial charge in [-0.25, -0.2) is 0 Å². The second-order valence-electron chi connectivity index (χ2n) is 7.10. The van der Waals surface area contributed by atoms with E-state index in [1.54, 1.807) is 19.1 Å². The first-order valence-corrected chi connectivity index (χ1v) is 10.1. The topological polar surface area (TPSA) is 95.8 Å². The van der Waals surface area contributed by atoms with Crippen molar-refractivity contribution in [2.45, 2.75) is 20.3 Å². The van der Waals surface area contributed by atoms with Gasteiger partial charge in [0, 0.05) is 54.8 Å². The fourth-order valence-corrected chi connectivity index (χ4v) is 3.67. The molecule has 2 amide bonds. The maximum absolute atomic E-state index is 12.8. The smallest absolute Gasteiger partial charge is 0.272 e. The minimum Gasteiger partial charge on any atom is -0.366 e. The number of anilines is 2. The lowest BCUT2D eigenvalue weighted by molar-refractivity contribution is -0.385. The summed E-state index contributed by atoms with van der Waals surface area (Å²) >= 11 is 6.15. The van der Waals surface area contributed by atoms with Crippen molar-refractivity contribution in [2.75, 3.05) is 36.4 Å². The molecule has 2 aromatic rings. The van der Waals surface area contributed by atoms with Crippen LogP contribution in [0, 0.1) is 17.0 Å². The van der Waals surface area contributed by atoms with Gasteiger partial charge < -0.3 is 15.1 Å². The summed E-state index contributed by atoms with van der Waals surface area (Å²) < 4.78 is 0. The third-order valence-corrected chi connectivity index (χ3v) is 5.37. The number of nitro groups is 1. The Morgan fingerprint density at radius 1 is 1.13 bits per heavy atom. The van der Waals surface area contributed by atoms with Gasteiger partial charge >= 0.3 is 0 Å². The van der Waals surface area contributed by atoms with Crippen molar-refractivity contribution in [3.63, 3.8) is 0 Å². The molecule has 9 heteroatoms. The molecule has 0 radical (unpaired) electrons. The number of carbonyl (C=O) groups excluding carboxylic acids is 2. The van der Waals surface area contributed by atoms with E-state index in [0.717, 1.165) is 5.69 Å². The van der Waals surface area contributed by atoms with Gasteiger partial charge in [-0.15, -0.1) is 0 Å². The molecule has 2 aromatic carbocycles. The SMILES string of the molecule is CCC(=O)N1CCN(c2ccc(Cl)cc2NC(=O)c2ccc([N+](=O)[O-])c(C)c2)CC1. The predicted octanol–water partition coefficient (Wildman–Crippen LogP) is 3.87. The van der Waals surface area contributed by atoms with Crippen LogP contribution in [0.2, 0.25) is 5.02 Å². The number of hydrogen-bond donors (Lipinski definition) is 1. The second kappa shape index (κ2) is 9.13. The van der Waals surface area contributed by atoms with Gasteiger partial charge in [0.1, 0.15) is 0 Å². The molecule has 1 aliphatic rings. The highest BCUT2D eigenvalue weighted by molar-refractivity contribution is 6.31. The minimum absolute atomic E-state index is 0.0329. The Kier molecular flexibility index (Phi) is 6.56. The molecule has 30 heavy (non-hydrogen) atoms. The lowest BCUT2D eigenvalue weighted by Gasteiger charge is -2.37. The van der Waals surface area contributed by atoms with Crippen LogP contribution in [-0.2, 0) is 4.79 Å². The highest BCUT2D eigenvalue weighted by atomic mass is 35.5. The maximum Gasteiger partial charge on any atom is 0.272 e. The van der Waals surface area contributed by atoms with Crippen molar-refractivity contribution < 1.29 is 14.5 Å². The zero-order valence-electron chi connectivity index (χ0n) is 16.9. The van der Waals surface area contributed by atoms with E-state index >= 15 is 0 Å². The van der Waals surface area contributed by atoms with E-state index in [1.165, 1.54) is 18.2 Å². The molecule has 0 saturated carbocycles. The molecule has 1 aliphatic heterocycles. The van der Waals surface area contributed by atoms with Crippen LogP contribution >= 0.6 is 11.6 Å². The molecule has 1 heterocycles. The number of rotatable bonds is 5. The fourth-order valence-electron chi connectivity index (χ4n) is 3.50. The van der Waals surface area contributed by atoms with E-state index in [2.05, 4.69) is 10.2 Å². The van der Waals surface area contributed by atoms with Crippen LogP contribution in [0.5, 0.6) is 0 Å². The summed E-state index contributed by atoms with van der Waals surface area (Å²) in [6, 6.07) is 9.53. The van der Waals surface area contributed by atoms with Crippen LogP contribution in [0.4, 0.5) is 17.1 Å². The first-order chi connectivity index (χ1) is 14.3. The number of hydrogen-bond acceptors (Lipinski definition) is 5. The summed E-state index contributed by atoms with van der Waals surface area (Å²) in [5, 5.41) is 14.3. The monoisotopic (exact) mass is 430 g/mol. The van der Waals surface area contributed by atoms with Crippen LogP contribution in [0.15, 0.2) is 36.4 Å². The van der Waals surface area contributed by atoms with Crippen molar-refractivity contribution in [1.82, 2.24) is 4.90 Å². The lowest BCUT2D eigenvalue weighted by Crippen LogP contribution is -2.48. The highest BCUT2D eigenvalue weighted by Gasteiger charge is 2.23. The van der Waals surface area contributed by atoms with E-state index < -0.39 is 4.92 Å². The largest absolute Gasteiger partial charge is 0.366 e. The van der Waals surface area contributed by atoms with Crippen molar-refractivity contribution in [3.05, 3.63) is 62.7 Å². The average molecular weight is 431 g/mol. The Hall–Kier alpha value is -3.13. The Bertz CT molecular complexity index is 987. The van der Waals surface area contributed by atoms with Gasteiger partial charge in [0.25, 0.3) is 11.6 Å². The van der Waals surface area contributed by atoms with Crippen molar-refractivity contribution in [3.8, 4) is 0 Å². The number of nitrogens with one attached hydrogen (secondary N) is 1. The lowest BCUT2D eigenvalue weighted by atomic mass is 10.1. The molecule has 8 nitrogen and oxygen atoms in total. The van der Waals surface area contributed by atoms with Gasteiger partial charge in [0.2, 0.25) is 5.91 Å². The molecular formula is C21H23ClN4O4. The van der Waals surface area contributed by atoms with Crippen LogP contribution in [-0.4, -0.2) is 47.8 Å². The molecule has 1 N–H and O–H groups in total. The van der Waals surface area contributed by atoms with E-state index in [0.29, 0.717) is 54.4 Å². The molecule has 158 valence electrons. The number of nitrogens with zero attached hydrogens (tertiary/aromatic N) is 3. The first kappa shape index (κ1) is 21.6. The Morgan fingerprint density at radius 3 is 2.43 bits per heavy atom. The molecule has 3 rings (SSSR count). The van der Waals surface area contributed by atoms with Gasteiger partial charge in [-0.1, -0.05) is 18.5 Å². The molecule has 0 spiro atoms.